The summed E-state index contributed by atoms with van der Waals surface area (Å²) in [6.45, 7) is 0.248. The minimum Gasteiger partial charge on any atom is -0.356 e. The van der Waals surface area contributed by atoms with Crippen LogP contribution < -0.4 is 4.90 Å². The zero-order valence-electron chi connectivity index (χ0n) is 16.8. The molecule has 0 spiro atoms. The van der Waals surface area contributed by atoms with Gasteiger partial charge in [0.1, 0.15) is 5.69 Å². The minimum absolute atomic E-state index is 0.0112. The van der Waals surface area contributed by atoms with Crippen LogP contribution in [0.4, 0.5) is 23.5 Å². The summed E-state index contributed by atoms with van der Waals surface area (Å²) in [4.78, 5) is 12.7. The molecule has 1 unspecified atom stereocenters. The van der Waals surface area contributed by atoms with E-state index in [4.69, 9.17) is 16.9 Å². The molecule has 5 nitrogen and oxygen atoms in total. The zero-order valence-corrected chi connectivity index (χ0v) is 17.5. The van der Waals surface area contributed by atoms with Crippen molar-refractivity contribution in [1.29, 1.82) is 5.26 Å². The molecule has 0 aliphatic carbocycles. The summed E-state index contributed by atoms with van der Waals surface area (Å²) in [6.07, 6.45) is -3.20. The fraction of sp³-hybridized carbons (Fsp3) is 0.174. The minimum atomic E-state index is -4.62. The molecule has 0 amide bonds. The van der Waals surface area contributed by atoms with Crippen LogP contribution in [0.3, 0.4) is 0 Å². The maximum atomic E-state index is 14.9. The predicted octanol–water partition coefficient (Wildman–Crippen LogP) is 5.79. The van der Waals surface area contributed by atoms with Crippen LogP contribution in [0.2, 0.25) is 5.02 Å². The van der Waals surface area contributed by atoms with Crippen molar-refractivity contribution in [1.82, 2.24) is 15.0 Å². The SMILES string of the molecule is N#Cc1ccc(C2c3[nH]c4ccc(Cl)c(F)c4c3CCN2c2nccc(C(F)(F)F)n2)cc1. The number of hydrogen-bond donors (Lipinski definition) is 1. The van der Waals surface area contributed by atoms with Crippen molar-refractivity contribution in [3.8, 4) is 6.07 Å². The Morgan fingerprint density at radius 2 is 1.88 bits per heavy atom. The topological polar surface area (TPSA) is 68.6 Å². The van der Waals surface area contributed by atoms with Gasteiger partial charge in [0.05, 0.1) is 22.7 Å². The second-order valence-corrected chi connectivity index (χ2v) is 8.03. The van der Waals surface area contributed by atoms with E-state index in [-0.39, 0.29) is 17.5 Å². The highest BCUT2D eigenvalue weighted by atomic mass is 35.5. The molecule has 0 saturated carbocycles. The lowest BCUT2D eigenvalue weighted by Gasteiger charge is -2.36. The lowest BCUT2D eigenvalue weighted by atomic mass is 9.92. The highest BCUT2D eigenvalue weighted by molar-refractivity contribution is 6.31. The maximum Gasteiger partial charge on any atom is 0.433 e. The molecule has 1 atom stereocenters. The quantitative estimate of drug-likeness (QED) is 0.375. The Bertz CT molecular complexity index is 1410. The average Bonchev–Trinajstić information content (AvgIpc) is 3.20. The molecular formula is C23H14ClF4N5. The molecule has 1 aliphatic rings. The van der Waals surface area contributed by atoms with E-state index in [0.29, 0.717) is 39.7 Å². The number of aromatic amines is 1. The van der Waals surface area contributed by atoms with Crippen molar-refractivity contribution in [2.24, 2.45) is 0 Å². The largest absolute Gasteiger partial charge is 0.433 e. The first-order chi connectivity index (χ1) is 15.8. The van der Waals surface area contributed by atoms with Gasteiger partial charge in [-0.15, -0.1) is 0 Å². The van der Waals surface area contributed by atoms with E-state index in [1.807, 2.05) is 6.07 Å². The van der Waals surface area contributed by atoms with Gasteiger partial charge in [0, 0.05) is 29.3 Å². The molecule has 0 saturated heterocycles. The predicted molar refractivity (Wildman–Crippen MR) is 114 cm³/mol. The van der Waals surface area contributed by atoms with E-state index in [9.17, 15) is 17.6 Å². The Morgan fingerprint density at radius 3 is 2.58 bits per heavy atom. The number of nitrogens with one attached hydrogen (secondary N) is 1. The summed E-state index contributed by atoms with van der Waals surface area (Å²) >= 11 is 6.00. The first-order valence-electron chi connectivity index (χ1n) is 9.93. The van der Waals surface area contributed by atoms with E-state index in [0.717, 1.165) is 12.3 Å². The molecule has 166 valence electrons. The van der Waals surface area contributed by atoms with Crippen LogP contribution in [0, 0.1) is 17.1 Å². The highest BCUT2D eigenvalue weighted by Gasteiger charge is 2.37. The van der Waals surface area contributed by atoms with Gasteiger partial charge < -0.3 is 9.88 Å². The fourth-order valence-corrected chi connectivity index (χ4v) is 4.42. The van der Waals surface area contributed by atoms with Gasteiger partial charge in [0.15, 0.2) is 5.82 Å². The maximum absolute atomic E-state index is 14.9. The van der Waals surface area contributed by atoms with Crippen LogP contribution >= 0.6 is 11.6 Å². The fourth-order valence-electron chi connectivity index (χ4n) is 4.26. The Hall–Kier alpha value is -3.64. The molecule has 0 radical (unpaired) electrons. The molecule has 33 heavy (non-hydrogen) atoms. The molecule has 2 aromatic carbocycles. The Labute approximate surface area is 190 Å². The van der Waals surface area contributed by atoms with Gasteiger partial charge in [-0.05, 0) is 47.9 Å². The van der Waals surface area contributed by atoms with Gasteiger partial charge >= 0.3 is 6.18 Å². The van der Waals surface area contributed by atoms with Gasteiger partial charge in [-0.3, -0.25) is 0 Å². The Kier molecular flexibility index (Phi) is 4.98. The van der Waals surface area contributed by atoms with Crippen molar-refractivity contribution in [3.05, 3.63) is 87.6 Å². The molecule has 4 aromatic rings. The first-order valence-corrected chi connectivity index (χ1v) is 10.3. The van der Waals surface area contributed by atoms with Crippen molar-refractivity contribution < 1.29 is 17.6 Å². The normalized spacial score (nSPS) is 16.0. The van der Waals surface area contributed by atoms with Gasteiger partial charge in [-0.2, -0.15) is 18.4 Å². The van der Waals surface area contributed by atoms with Gasteiger partial charge in [0.25, 0.3) is 0 Å². The van der Waals surface area contributed by atoms with Crippen molar-refractivity contribution in [2.75, 3.05) is 11.4 Å². The number of rotatable bonds is 2. The molecule has 10 heteroatoms. The molecule has 1 aliphatic heterocycles. The number of nitriles is 1. The van der Waals surface area contributed by atoms with E-state index < -0.39 is 23.7 Å². The van der Waals surface area contributed by atoms with Gasteiger partial charge in [-0.1, -0.05) is 23.7 Å². The number of hydrogen-bond acceptors (Lipinski definition) is 4. The number of alkyl halides is 3. The second kappa shape index (κ2) is 7.74. The smallest absolute Gasteiger partial charge is 0.356 e. The number of H-pyrrole nitrogens is 1. The van der Waals surface area contributed by atoms with Crippen molar-refractivity contribution in [2.45, 2.75) is 18.6 Å². The summed E-state index contributed by atoms with van der Waals surface area (Å²) < 4.78 is 54.8. The number of halogens is 5. The summed E-state index contributed by atoms with van der Waals surface area (Å²) in [6, 6.07) is 12.0. The number of anilines is 1. The third kappa shape index (κ3) is 3.56. The Morgan fingerprint density at radius 1 is 1.12 bits per heavy atom. The van der Waals surface area contributed by atoms with Crippen LogP contribution in [-0.4, -0.2) is 21.5 Å². The molecule has 0 bridgehead atoms. The molecule has 2 aromatic heterocycles. The summed E-state index contributed by atoms with van der Waals surface area (Å²) in [5.74, 6) is -0.643. The standard InChI is InChI=1S/C23H14ClF4N5/c24-15-5-6-16-18(19(15)25)14-8-10-33(22-30-9-7-17(32-22)23(26,27)28)21(20(14)31-16)13-3-1-12(11-29)2-4-13/h1-7,9,21,31H,8,10H2. The zero-order chi connectivity index (χ0) is 23.3. The van der Waals surface area contributed by atoms with E-state index >= 15 is 0 Å². The third-order valence-electron chi connectivity index (χ3n) is 5.72. The number of fused-ring (bicyclic) bond motifs is 3. The Balaban J connectivity index is 1.71. The molecule has 1 N–H and O–H groups in total. The van der Waals surface area contributed by atoms with Crippen molar-refractivity contribution in [3.63, 3.8) is 0 Å². The van der Waals surface area contributed by atoms with Crippen LogP contribution in [0.1, 0.15) is 34.1 Å². The van der Waals surface area contributed by atoms with E-state index in [1.165, 1.54) is 6.07 Å². The van der Waals surface area contributed by atoms with Crippen LogP contribution in [0.25, 0.3) is 10.9 Å². The monoisotopic (exact) mass is 471 g/mol. The second-order valence-electron chi connectivity index (χ2n) is 7.62. The number of benzene rings is 2. The molecule has 5 rings (SSSR count). The lowest BCUT2D eigenvalue weighted by Crippen LogP contribution is -2.37. The van der Waals surface area contributed by atoms with Crippen LogP contribution in [-0.2, 0) is 12.6 Å². The molecule has 0 fully saturated rings. The summed E-state index contributed by atoms with van der Waals surface area (Å²) in [5, 5.41) is 9.49. The highest BCUT2D eigenvalue weighted by Crippen LogP contribution is 2.42. The summed E-state index contributed by atoms with van der Waals surface area (Å²) in [7, 11) is 0. The molecular weight excluding hydrogens is 458 g/mol. The van der Waals surface area contributed by atoms with E-state index in [1.54, 1.807) is 35.2 Å². The summed E-state index contributed by atoms with van der Waals surface area (Å²) in [5.41, 5.74) is 1.92. The van der Waals surface area contributed by atoms with Crippen molar-refractivity contribution >= 4 is 28.5 Å². The third-order valence-corrected chi connectivity index (χ3v) is 6.02. The van der Waals surface area contributed by atoms with Crippen LogP contribution in [0.15, 0.2) is 48.7 Å². The van der Waals surface area contributed by atoms with Gasteiger partial charge in [-0.25, -0.2) is 14.4 Å². The van der Waals surface area contributed by atoms with Gasteiger partial charge in [0.2, 0.25) is 5.95 Å². The molecule has 3 heterocycles. The van der Waals surface area contributed by atoms with Crippen LogP contribution in [0.5, 0.6) is 0 Å². The number of aromatic nitrogens is 3. The first kappa shape index (κ1) is 21.2. The average molecular weight is 472 g/mol. The van der Waals surface area contributed by atoms with E-state index in [2.05, 4.69) is 15.0 Å². The lowest BCUT2D eigenvalue weighted by molar-refractivity contribution is -0.141. The number of nitrogens with zero attached hydrogens (tertiary/aromatic N) is 4.